The van der Waals surface area contributed by atoms with E-state index < -0.39 is 0 Å². The third-order valence-electron chi connectivity index (χ3n) is 14.8. The van der Waals surface area contributed by atoms with Gasteiger partial charge in [-0.05, 0) is 184 Å². The summed E-state index contributed by atoms with van der Waals surface area (Å²) < 4.78 is 14.9. The highest BCUT2D eigenvalue weighted by Gasteiger charge is 2.28. The van der Waals surface area contributed by atoms with Gasteiger partial charge < -0.3 is 70.4 Å². The van der Waals surface area contributed by atoms with Crippen LogP contribution in [-0.2, 0) is 32.7 Å². The number of para-hydroxylation sites is 2. The monoisotopic (exact) mass is 1350 g/mol. The minimum absolute atomic E-state index is 0.00593. The third kappa shape index (κ3) is 48.2. The Labute approximate surface area is 585 Å². The van der Waals surface area contributed by atoms with Crippen LogP contribution in [0.2, 0.25) is 0 Å². The molecule has 534 valence electrons. The Morgan fingerprint density at radius 2 is 0.673 bits per heavy atom. The van der Waals surface area contributed by atoms with E-state index in [9.17, 15) is 5.11 Å². The summed E-state index contributed by atoms with van der Waals surface area (Å²) in [5.74, 6) is 4.11. The predicted octanol–water partition coefficient (Wildman–Crippen LogP) is 16.1. The number of hydrogen-bond donors (Lipinski definition) is 11. The number of hydrogen-bond acceptors (Lipinski definition) is 14. The van der Waals surface area contributed by atoms with Gasteiger partial charge in [-0.1, -0.05) is 227 Å². The molecule has 0 atom stereocenters. The number of aliphatic hydroxyl groups is 8. The van der Waals surface area contributed by atoms with Gasteiger partial charge in [-0.3, -0.25) is 0 Å². The summed E-state index contributed by atoms with van der Waals surface area (Å²) in [7, 11) is 3.21. The third-order valence-corrected chi connectivity index (χ3v) is 14.8. The Balaban J connectivity index is 0.000000540. The molecule has 2 aliphatic rings. The minimum Gasteiger partial charge on any atom is -0.508 e. The summed E-state index contributed by atoms with van der Waals surface area (Å²) in [4.78, 5) is 0. The maximum atomic E-state index is 9.29. The molecule has 0 unspecified atom stereocenters. The van der Waals surface area contributed by atoms with Crippen molar-refractivity contribution in [2.24, 2.45) is 11.3 Å². The molecule has 0 aliphatic heterocycles. The molecule has 9 aromatic carbocycles. The number of ether oxygens (including phenoxy) is 3. The molecule has 0 heterocycles. The molecule has 0 saturated heterocycles. The molecule has 14 heteroatoms. The van der Waals surface area contributed by atoms with Crippen molar-refractivity contribution >= 4 is 0 Å². The first-order valence-corrected chi connectivity index (χ1v) is 33.6. The van der Waals surface area contributed by atoms with Gasteiger partial charge in [0.25, 0.3) is 0 Å². The zero-order valence-electron chi connectivity index (χ0n) is 59.0. The van der Waals surface area contributed by atoms with E-state index in [2.05, 4.69) is 32.9 Å². The number of rotatable bonds is 13. The lowest BCUT2D eigenvalue weighted by Crippen LogP contribution is -2.27. The molecule has 0 spiro atoms. The maximum Gasteiger partial charge on any atom is 0.119 e. The van der Waals surface area contributed by atoms with E-state index in [0.717, 1.165) is 84.8 Å². The fourth-order valence-corrected chi connectivity index (χ4v) is 8.97. The van der Waals surface area contributed by atoms with Crippen molar-refractivity contribution in [3.63, 3.8) is 0 Å². The van der Waals surface area contributed by atoms with Gasteiger partial charge >= 0.3 is 0 Å². The largest absolute Gasteiger partial charge is 0.508 e. The van der Waals surface area contributed by atoms with Crippen molar-refractivity contribution in [1.82, 2.24) is 0 Å². The number of methoxy groups -OCH3 is 2. The predicted molar refractivity (Wildman–Crippen MR) is 399 cm³/mol. The van der Waals surface area contributed by atoms with Crippen LogP contribution in [0.15, 0.2) is 249 Å². The average Bonchev–Trinajstić information content (AvgIpc) is 0.991. The number of aromatic hydroxyl groups is 3. The van der Waals surface area contributed by atoms with E-state index in [0.29, 0.717) is 23.5 Å². The van der Waals surface area contributed by atoms with Gasteiger partial charge in [0, 0.05) is 13.2 Å². The molecule has 11 rings (SSSR count). The first-order chi connectivity index (χ1) is 47.3. The van der Waals surface area contributed by atoms with Gasteiger partial charge in [0.2, 0.25) is 0 Å². The first kappa shape index (κ1) is 87.5. The highest BCUT2D eigenvalue weighted by Crippen LogP contribution is 2.37. The summed E-state index contributed by atoms with van der Waals surface area (Å²) in [6.45, 7) is 12.2. The summed E-state index contributed by atoms with van der Waals surface area (Å²) in [5, 5.41) is 95.7. The molecule has 14 nitrogen and oxygen atoms in total. The van der Waals surface area contributed by atoms with Crippen LogP contribution >= 0.6 is 0 Å². The van der Waals surface area contributed by atoms with Crippen molar-refractivity contribution in [3.05, 3.63) is 288 Å². The second-order valence-corrected chi connectivity index (χ2v) is 24.0. The molecule has 2 aliphatic carbocycles. The van der Waals surface area contributed by atoms with Gasteiger partial charge in [0.15, 0.2) is 0 Å². The first-order valence-electron chi connectivity index (χ1n) is 33.6. The van der Waals surface area contributed by atoms with Gasteiger partial charge in [-0.25, -0.2) is 0 Å². The highest BCUT2D eigenvalue weighted by molar-refractivity contribution is 5.30. The Bertz CT molecular complexity index is 3010. The van der Waals surface area contributed by atoms with E-state index in [-0.39, 0.29) is 57.6 Å². The molecule has 98 heavy (non-hydrogen) atoms. The van der Waals surface area contributed by atoms with Gasteiger partial charge in [-0.2, -0.15) is 0 Å². The van der Waals surface area contributed by atoms with E-state index in [1.165, 1.54) is 54.4 Å². The second-order valence-electron chi connectivity index (χ2n) is 24.0. The zero-order chi connectivity index (χ0) is 72.3. The Morgan fingerprint density at radius 1 is 0.337 bits per heavy atom. The summed E-state index contributed by atoms with van der Waals surface area (Å²) in [6, 6.07) is 76.6. The van der Waals surface area contributed by atoms with E-state index in [1.54, 1.807) is 74.9 Å². The lowest BCUT2D eigenvalue weighted by molar-refractivity contribution is 0.0725. The number of aryl methyl sites for hydroxylation is 3. The molecule has 0 bridgehead atoms. The van der Waals surface area contributed by atoms with Crippen LogP contribution in [0.4, 0.5) is 0 Å². The molecule has 0 aromatic heterocycles. The van der Waals surface area contributed by atoms with Crippen LogP contribution in [0.5, 0.6) is 34.5 Å². The van der Waals surface area contributed by atoms with E-state index >= 15 is 0 Å². The molecule has 11 N–H and O–H groups in total. The average molecular weight is 1350 g/mol. The van der Waals surface area contributed by atoms with E-state index in [1.807, 2.05) is 190 Å². The van der Waals surface area contributed by atoms with Crippen molar-refractivity contribution in [1.29, 1.82) is 0 Å². The van der Waals surface area contributed by atoms with Crippen LogP contribution in [0.1, 0.15) is 124 Å². The number of phenolic OH excluding ortho intramolecular Hbond substituents is 3. The quantitative estimate of drug-likeness (QED) is 0.0514. The molecule has 2 saturated carbocycles. The molecule has 9 aromatic rings. The topological polar surface area (TPSA) is 250 Å². The van der Waals surface area contributed by atoms with Crippen LogP contribution < -0.4 is 14.2 Å². The van der Waals surface area contributed by atoms with Crippen molar-refractivity contribution in [3.8, 4) is 34.5 Å². The van der Waals surface area contributed by atoms with Crippen LogP contribution in [-0.4, -0.2) is 109 Å². The Hall–Kier alpha value is -8.54. The smallest absolute Gasteiger partial charge is 0.119 e. The Kier molecular flexibility index (Phi) is 51.3. The number of phenols is 3. The van der Waals surface area contributed by atoms with Crippen molar-refractivity contribution in [2.75, 3.05) is 40.6 Å². The van der Waals surface area contributed by atoms with Crippen LogP contribution in [0.25, 0.3) is 0 Å². The molecular weight excluding hydrogens is 1230 g/mol. The minimum atomic E-state index is -0.00593. The number of benzene rings is 9. The van der Waals surface area contributed by atoms with E-state index in [4.69, 9.17) is 65.3 Å². The van der Waals surface area contributed by atoms with Crippen molar-refractivity contribution < 1.29 is 70.4 Å². The molecule has 2 fully saturated rings. The molecule has 0 amide bonds. The van der Waals surface area contributed by atoms with Gasteiger partial charge in [0.1, 0.15) is 41.1 Å². The Morgan fingerprint density at radius 3 is 1.00 bits per heavy atom. The lowest BCUT2D eigenvalue weighted by Gasteiger charge is -2.35. The lowest BCUT2D eigenvalue weighted by atomic mass is 9.72. The standard InChI is InChI=1S/C10H20O.C9H12O.2C8H10O2.2C8H10O.C7H8O2.2C7H8O.C6H12O.C6H6O/c1-10(2,3)8-4-6-9(11)7-5-8;10-8-4-7-9-5-2-1-3-6-9;1-10-8-4-2-7(6-9)3-5-8;9-6-7-10-8-4-2-1-3-5-8;1-7-2-4-8(6-9)5-3-7;9-7-6-8-4-2-1-3-5-8;1-9-7-4-2-6(8)3-5-7;1-6-2-4-7(8)5-3-6;8-6-7-4-2-1-3-5-7;2*7-6-4-2-1-3-5-6/h8-9,11H,4-7H2,1-3H3;1-3,5-6,10H,4,7-8H2;2-5,9H,6H2,1H3;1-5,9H,6-7H2;2-5,9H,6H2,1H3;1-5,9H,6-7H2;2-5,8H,1H3;2-5,8H,1H3;1-5,8H,6H2;6-7H,1-5H2;1-5,7H. The molecule has 0 radical (unpaired) electrons. The SMILES string of the molecule is CC(C)(C)C1CCC(O)CC1.COc1ccc(CO)cc1.COc1ccc(O)cc1.Cc1ccc(CO)cc1.Cc1ccc(O)cc1.OC1CCCCC1.OCCCc1ccccc1.OCCOc1ccccc1.OCCc1ccccc1.OCc1ccccc1.Oc1ccccc1. The number of aliphatic hydroxyl groups excluding tert-OH is 8. The summed E-state index contributed by atoms with van der Waals surface area (Å²) >= 11 is 0. The van der Waals surface area contributed by atoms with Gasteiger partial charge in [0.05, 0.1) is 52.9 Å². The summed E-state index contributed by atoms with van der Waals surface area (Å²) in [6.07, 6.45) is 13.0. The summed E-state index contributed by atoms with van der Waals surface area (Å²) in [5.41, 5.74) is 8.18. The highest BCUT2D eigenvalue weighted by atomic mass is 16.5. The molecular formula is C84H114O14. The normalized spacial score (nSPS) is 13.2. The fourth-order valence-electron chi connectivity index (χ4n) is 8.97. The van der Waals surface area contributed by atoms with Crippen molar-refractivity contribution in [2.45, 2.75) is 144 Å². The van der Waals surface area contributed by atoms with Gasteiger partial charge in [-0.15, -0.1) is 0 Å². The van der Waals surface area contributed by atoms with Crippen LogP contribution in [0, 0.1) is 25.2 Å². The fraction of sp³-hybridized carbons (Fsp3) is 0.357. The zero-order valence-corrected chi connectivity index (χ0v) is 59.0. The second kappa shape index (κ2) is 57.5. The maximum absolute atomic E-state index is 9.29. The van der Waals surface area contributed by atoms with Crippen LogP contribution in [0.3, 0.4) is 0 Å².